The molecule has 1 aliphatic rings. The number of benzene rings is 3. The highest BCUT2D eigenvalue weighted by Gasteiger charge is 2.50. The second-order valence-corrected chi connectivity index (χ2v) is 8.00. The number of carbonyl (C=O) groups excluding carboxylic acids is 2. The van der Waals surface area contributed by atoms with Gasteiger partial charge in [0.1, 0.15) is 0 Å². The van der Waals surface area contributed by atoms with Crippen molar-refractivity contribution < 1.29 is 24.2 Å². The number of fused-ring (bicyclic) bond motifs is 1. The summed E-state index contributed by atoms with van der Waals surface area (Å²) in [4.78, 5) is 28.0. The second kappa shape index (κ2) is 8.65. The van der Waals surface area contributed by atoms with Gasteiger partial charge in [0.05, 0.1) is 32.9 Å². The third-order valence-corrected chi connectivity index (χ3v) is 5.87. The average molecular weight is 452 g/mol. The lowest BCUT2D eigenvalue weighted by Gasteiger charge is -2.23. The number of para-hydroxylation sites is 1. The van der Waals surface area contributed by atoms with E-state index in [1.807, 2.05) is 12.1 Å². The second-order valence-electron chi connectivity index (χ2n) is 7.56. The lowest BCUT2D eigenvalue weighted by atomic mass is 9.88. The molecule has 1 aliphatic heterocycles. The number of rotatable bonds is 7. The van der Waals surface area contributed by atoms with Crippen molar-refractivity contribution in [3.8, 4) is 11.5 Å². The van der Waals surface area contributed by atoms with Gasteiger partial charge in [0.25, 0.3) is 5.91 Å². The largest absolute Gasteiger partial charge is 0.493 e. The zero-order valence-electron chi connectivity index (χ0n) is 17.7. The van der Waals surface area contributed by atoms with Gasteiger partial charge in [-0.3, -0.25) is 9.59 Å². The molecule has 1 heterocycles. The van der Waals surface area contributed by atoms with Crippen LogP contribution < -0.4 is 14.4 Å². The van der Waals surface area contributed by atoms with Gasteiger partial charge in [0.2, 0.25) is 0 Å². The van der Waals surface area contributed by atoms with E-state index >= 15 is 0 Å². The number of Topliss-reactive ketones (excluding diaryl/α,β-unsaturated/α-hetero) is 1. The van der Waals surface area contributed by atoms with Gasteiger partial charge in [-0.15, -0.1) is 0 Å². The Labute approximate surface area is 191 Å². The summed E-state index contributed by atoms with van der Waals surface area (Å²) in [6.45, 7) is 0.250. The van der Waals surface area contributed by atoms with Gasteiger partial charge in [-0.05, 0) is 42.0 Å². The van der Waals surface area contributed by atoms with Gasteiger partial charge in [0.15, 0.2) is 22.9 Å². The predicted molar refractivity (Wildman–Crippen MR) is 121 cm³/mol. The maximum atomic E-state index is 13.4. The number of hydrogen-bond acceptors (Lipinski definition) is 5. The zero-order chi connectivity index (χ0) is 22.9. The normalized spacial score (nSPS) is 17.2. The highest BCUT2D eigenvalue weighted by molar-refractivity contribution is 6.30. The average Bonchev–Trinajstić information content (AvgIpc) is 3.01. The summed E-state index contributed by atoms with van der Waals surface area (Å²) in [5.74, 6) is -0.0422. The van der Waals surface area contributed by atoms with Crippen LogP contribution in [0.3, 0.4) is 0 Å². The smallest absolute Gasteiger partial charge is 0.264 e. The molecule has 0 saturated heterocycles. The summed E-state index contributed by atoms with van der Waals surface area (Å²) in [5.41, 5.74) is 0.196. The van der Waals surface area contributed by atoms with Crippen molar-refractivity contribution in [3.05, 3.63) is 88.4 Å². The van der Waals surface area contributed by atoms with E-state index in [2.05, 4.69) is 0 Å². The van der Waals surface area contributed by atoms with E-state index in [0.717, 1.165) is 5.56 Å². The summed E-state index contributed by atoms with van der Waals surface area (Å²) >= 11 is 5.96. The van der Waals surface area contributed by atoms with Crippen LogP contribution >= 0.6 is 11.6 Å². The van der Waals surface area contributed by atoms with Crippen LogP contribution in [0.2, 0.25) is 5.02 Å². The molecule has 1 N–H and O–H groups in total. The Morgan fingerprint density at radius 1 is 1.00 bits per heavy atom. The lowest BCUT2D eigenvalue weighted by molar-refractivity contribution is -0.136. The van der Waals surface area contributed by atoms with E-state index < -0.39 is 17.9 Å². The summed E-state index contributed by atoms with van der Waals surface area (Å²) in [6, 6.07) is 18.9. The van der Waals surface area contributed by atoms with Crippen LogP contribution in [-0.2, 0) is 16.9 Å². The molecule has 3 aromatic carbocycles. The summed E-state index contributed by atoms with van der Waals surface area (Å²) in [5, 5.41) is 12.1. The Balaban J connectivity index is 1.65. The van der Waals surface area contributed by atoms with Crippen molar-refractivity contribution in [2.24, 2.45) is 0 Å². The predicted octanol–water partition coefficient (Wildman–Crippen LogP) is 4.36. The number of ketones is 1. The minimum Gasteiger partial charge on any atom is -0.493 e. The maximum Gasteiger partial charge on any atom is 0.264 e. The van der Waals surface area contributed by atoms with Crippen molar-refractivity contribution in [2.75, 3.05) is 19.1 Å². The monoisotopic (exact) mass is 451 g/mol. The molecule has 3 aromatic rings. The van der Waals surface area contributed by atoms with Crippen molar-refractivity contribution in [3.63, 3.8) is 0 Å². The van der Waals surface area contributed by atoms with E-state index in [4.69, 9.17) is 21.1 Å². The summed E-state index contributed by atoms with van der Waals surface area (Å²) in [6.07, 6.45) is -0.393. The number of ether oxygens (including phenoxy) is 2. The SMILES string of the molecule is COc1ccc(C(=O)C[C@]2(O)C(=O)N(Cc3ccc(Cl)cc3)c3ccccc32)cc1OC. The van der Waals surface area contributed by atoms with E-state index in [1.165, 1.54) is 19.1 Å². The molecule has 32 heavy (non-hydrogen) atoms. The van der Waals surface area contributed by atoms with E-state index in [-0.39, 0.29) is 12.3 Å². The van der Waals surface area contributed by atoms with Gasteiger partial charge in [0, 0.05) is 16.1 Å². The Bertz CT molecular complexity index is 1180. The minimum absolute atomic E-state index is 0.250. The van der Waals surface area contributed by atoms with Crippen LogP contribution in [0.15, 0.2) is 66.7 Å². The molecule has 7 heteroatoms. The number of anilines is 1. The third-order valence-electron chi connectivity index (χ3n) is 5.62. The first-order valence-electron chi connectivity index (χ1n) is 10.0. The van der Waals surface area contributed by atoms with Crippen LogP contribution in [0.25, 0.3) is 0 Å². The first-order chi connectivity index (χ1) is 15.4. The highest BCUT2D eigenvalue weighted by Crippen LogP contribution is 2.43. The summed E-state index contributed by atoms with van der Waals surface area (Å²) in [7, 11) is 2.98. The number of hydrogen-bond donors (Lipinski definition) is 1. The molecule has 1 amide bonds. The molecule has 0 aromatic heterocycles. The van der Waals surface area contributed by atoms with Crippen LogP contribution in [-0.4, -0.2) is 31.0 Å². The standard InChI is InChI=1S/C25H22ClNO5/c1-31-22-12-9-17(13-23(22)32-2)21(28)14-25(30)19-5-3-4-6-20(19)27(24(25)29)15-16-7-10-18(26)11-8-16/h3-13,30H,14-15H2,1-2H3/t25-/m1/s1. The molecule has 4 rings (SSSR count). The highest BCUT2D eigenvalue weighted by atomic mass is 35.5. The van der Waals surface area contributed by atoms with Crippen LogP contribution in [0, 0.1) is 0 Å². The molecular weight excluding hydrogens is 430 g/mol. The van der Waals surface area contributed by atoms with Gasteiger partial charge >= 0.3 is 0 Å². The van der Waals surface area contributed by atoms with Crippen molar-refractivity contribution in [1.82, 2.24) is 0 Å². The first-order valence-corrected chi connectivity index (χ1v) is 10.4. The van der Waals surface area contributed by atoms with Crippen LogP contribution in [0.4, 0.5) is 5.69 Å². The lowest BCUT2D eigenvalue weighted by Crippen LogP contribution is -2.41. The quantitative estimate of drug-likeness (QED) is 0.540. The number of carbonyl (C=O) groups is 2. The molecule has 0 saturated carbocycles. The van der Waals surface area contributed by atoms with Crippen LogP contribution in [0.1, 0.15) is 27.9 Å². The van der Waals surface area contributed by atoms with E-state index in [9.17, 15) is 14.7 Å². The number of nitrogens with zero attached hydrogens (tertiary/aromatic N) is 1. The molecule has 164 valence electrons. The fraction of sp³-hybridized carbons (Fsp3) is 0.200. The van der Waals surface area contributed by atoms with Gasteiger partial charge in [-0.25, -0.2) is 0 Å². The minimum atomic E-state index is -1.97. The fourth-order valence-electron chi connectivity index (χ4n) is 3.95. The van der Waals surface area contributed by atoms with Crippen molar-refractivity contribution in [2.45, 2.75) is 18.6 Å². The van der Waals surface area contributed by atoms with Crippen LogP contribution in [0.5, 0.6) is 11.5 Å². The molecule has 0 bridgehead atoms. The fourth-order valence-corrected chi connectivity index (χ4v) is 4.08. The number of halogens is 1. The van der Waals surface area contributed by atoms with Gasteiger partial charge in [-0.2, -0.15) is 0 Å². The summed E-state index contributed by atoms with van der Waals surface area (Å²) < 4.78 is 10.5. The van der Waals surface area contributed by atoms with Crippen molar-refractivity contribution in [1.29, 1.82) is 0 Å². The Hall–Kier alpha value is -3.35. The molecule has 0 aliphatic carbocycles. The Kier molecular flexibility index (Phi) is 5.91. The van der Waals surface area contributed by atoms with E-state index in [0.29, 0.717) is 33.3 Å². The first kappa shape index (κ1) is 21.9. The van der Waals surface area contributed by atoms with E-state index in [1.54, 1.807) is 54.6 Å². The van der Waals surface area contributed by atoms with Crippen molar-refractivity contribution >= 4 is 29.0 Å². The topological polar surface area (TPSA) is 76.1 Å². The zero-order valence-corrected chi connectivity index (χ0v) is 18.4. The molecular formula is C25H22ClNO5. The molecule has 0 fully saturated rings. The molecule has 0 unspecified atom stereocenters. The Morgan fingerprint density at radius 3 is 2.38 bits per heavy atom. The number of methoxy groups -OCH3 is 2. The number of aliphatic hydroxyl groups is 1. The molecule has 0 radical (unpaired) electrons. The number of amides is 1. The molecule has 1 atom stereocenters. The third kappa shape index (κ3) is 3.83. The molecule has 6 nitrogen and oxygen atoms in total. The molecule has 0 spiro atoms. The maximum absolute atomic E-state index is 13.4. The van der Waals surface area contributed by atoms with Gasteiger partial charge < -0.3 is 19.5 Å². The van der Waals surface area contributed by atoms with Gasteiger partial charge in [-0.1, -0.05) is 41.9 Å². The Morgan fingerprint density at radius 2 is 1.69 bits per heavy atom.